The van der Waals surface area contributed by atoms with E-state index >= 15 is 0 Å². The standard InChI is InChI=1S/C37H30ClN3O6S/c38-35-18-15-30(23-40-35)25-9-11-26(12-10-25)32(21-24-5-7-28(8-6-24)36(42)39-19-20-48(44,45)46)37(43)41-31-16-13-27(14-17-31)34-22-29-3-1-2-4-33(29)47-34/h1-18,22-23,32H,19-21H2,(H,39,42)(H,41,43)(H,44,45,46). The highest BCUT2D eigenvalue weighted by Gasteiger charge is 2.22. The fourth-order valence-electron chi connectivity index (χ4n) is 5.31. The highest BCUT2D eigenvalue weighted by atomic mass is 35.5. The van der Waals surface area contributed by atoms with Gasteiger partial charge in [0.15, 0.2) is 0 Å². The van der Waals surface area contributed by atoms with E-state index in [0.29, 0.717) is 22.8 Å². The lowest BCUT2D eigenvalue weighted by Gasteiger charge is -2.18. The van der Waals surface area contributed by atoms with Crippen molar-refractivity contribution in [3.05, 3.63) is 143 Å². The number of fused-ring (bicyclic) bond motifs is 1. The molecule has 9 nitrogen and oxygen atoms in total. The molecule has 1 atom stereocenters. The number of para-hydroxylation sites is 1. The molecule has 2 amide bonds. The Morgan fingerprint density at radius 1 is 0.833 bits per heavy atom. The first kappa shape index (κ1) is 32.6. The second-order valence-electron chi connectivity index (χ2n) is 11.2. The fourth-order valence-corrected chi connectivity index (χ4v) is 5.78. The molecule has 0 aliphatic heterocycles. The van der Waals surface area contributed by atoms with E-state index in [1.54, 1.807) is 36.5 Å². The molecule has 0 spiro atoms. The van der Waals surface area contributed by atoms with Crippen LogP contribution < -0.4 is 10.6 Å². The van der Waals surface area contributed by atoms with Crippen LogP contribution >= 0.6 is 11.6 Å². The van der Waals surface area contributed by atoms with Crippen molar-refractivity contribution in [3.63, 3.8) is 0 Å². The number of benzene rings is 4. The smallest absolute Gasteiger partial charge is 0.266 e. The molecule has 0 fully saturated rings. The number of nitrogens with zero attached hydrogens (tertiary/aromatic N) is 1. The first-order valence-corrected chi connectivity index (χ1v) is 17.0. The number of carbonyl (C=O) groups is 2. The number of pyridine rings is 1. The number of hydrogen-bond donors (Lipinski definition) is 3. The van der Waals surface area contributed by atoms with E-state index in [1.165, 1.54) is 0 Å². The van der Waals surface area contributed by atoms with E-state index in [1.807, 2.05) is 84.9 Å². The van der Waals surface area contributed by atoms with Crippen molar-refractivity contribution in [3.8, 4) is 22.5 Å². The normalized spacial score (nSPS) is 12.0. The lowest BCUT2D eigenvalue weighted by molar-refractivity contribution is -0.117. The maximum Gasteiger partial charge on any atom is 0.266 e. The Morgan fingerprint density at radius 3 is 2.19 bits per heavy atom. The first-order valence-electron chi connectivity index (χ1n) is 15.1. The van der Waals surface area contributed by atoms with Crippen LogP contribution in [-0.2, 0) is 21.3 Å². The summed E-state index contributed by atoms with van der Waals surface area (Å²) in [6.45, 7) is -0.219. The van der Waals surface area contributed by atoms with E-state index in [0.717, 1.165) is 44.5 Å². The zero-order valence-electron chi connectivity index (χ0n) is 25.5. The predicted octanol–water partition coefficient (Wildman–Crippen LogP) is 7.40. The Bertz CT molecular complexity index is 2130. The minimum Gasteiger partial charge on any atom is -0.456 e. The minimum absolute atomic E-state index is 0.209. The van der Waals surface area contributed by atoms with Crippen LogP contribution in [0.15, 0.2) is 126 Å². The van der Waals surface area contributed by atoms with Crippen LogP contribution in [0.3, 0.4) is 0 Å². The molecule has 0 saturated heterocycles. The summed E-state index contributed by atoms with van der Waals surface area (Å²) in [5.74, 6) is -1.11. The van der Waals surface area contributed by atoms with Gasteiger partial charge in [0, 0.05) is 40.5 Å². The molecule has 2 heterocycles. The van der Waals surface area contributed by atoms with Gasteiger partial charge in [0.2, 0.25) is 5.91 Å². The molecule has 0 radical (unpaired) electrons. The lowest BCUT2D eigenvalue weighted by Crippen LogP contribution is -2.28. The Labute approximate surface area is 282 Å². The minimum atomic E-state index is -4.19. The molecule has 0 saturated carbocycles. The highest BCUT2D eigenvalue weighted by Crippen LogP contribution is 2.30. The van der Waals surface area contributed by atoms with E-state index in [4.69, 9.17) is 20.6 Å². The number of furan rings is 1. The second kappa shape index (κ2) is 14.2. The molecule has 11 heteroatoms. The number of rotatable bonds is 11. The lowest BCUT2D eigenvalue weighted by atomic mass is 9.89. The number of hydrogen-bond acceptors (Lipinski definition) is 6. The van der Waals surface area contributed by atoms with Crippen LogP contribution in [0.4, 0.5) is 5.69 Å². The van der Waals surface area contributed by atoms with Crippen molar-refractivity contribution in [2.24, 2.45) is 0 Å². The third kappa shape index (κ3) is 8.16. The summed E-state index contributed by atoms with van der Waals surface area (Å²) in [6, 6.07) is 35.3. The number of aromatic nitrogens is 1. The molecule has 0 bridgehead atoms. The van der Waals surface area contributed by atoms with Crippen molar-refractivity contribution >= 4 is 50.2 Å². The van der Waals surface area contributed by atoms with Gasteiger partial charge in [0.25, 0.3) is 16.0 Å². The van der Waals surface area contributed by atoms with E-state index in [9.17, 15) is 18.0 Å². The Balaban J connectivity index is 1.21. The summed E-state index contributed by atoms with van der Waals surface area (Å²) in [4.78, 5) is 30.5. The Hall–Kier alpha value is -5.29. The number of carbonyl (C=O) groups excluding carboxylic acids is 2. The molecule has 1 unspecified atom stereocenters. The zero-order valence-corrected chi connectivity index (χ0v) is 27.0. The maximum absolute atomic E-state index is 13.9. The summed E-state index contributed by atoms with van der Waals surface area (Å²) < 4.78 is 36.8. The average Bonchev–Trinajstić information content (AvgIpc) is 3.52. The monoisotopic (exact) mass is 679 g/mol. The molecule has 6 aromatic rings. The molecule has 48 heavy (non-hydrogen) atoms. The van der Waals surface area contributed by atoms with Gasteiger partial charge in [-0.3, -0.25) is 14.1 Å². The van der Waals surface area contributed by atoms with Crippen molar-refractivity contribution < 1.29 is 27.0 Å². The van der Waals surface area contributed by atoms with Gasteiger partial charge in [-0.15, -0.1) is 0 Å². The summed E-state index contributed by atoms with van der Waals surface area (Å²) in [7, 11) is -4.19. The molecule has 0 aliphatic rings. The van der Waals surface area contributed by atoms with Gasteiger partial charge in [-0.05, 0) is 83.8 Å². The quantitative estimate of drug-likeness (QED) is 0.0958. The first-order chi connectivity index (χ1) is 23.1. The fraction of sp³-hybridized carbons (Fsp3) is 0.108. The Kier molecular flexibility index (Phi) is 9.67. The van der Waals surface area contributed by atoms with Crippen LogP contribution in [0.2, 0.25) is 5.15 Å². The van der Waals surface area contributed by atoms with Crippen LogP contribution in [-0.4, -0.2) is 42.1 Å². The highest BCUT2D eigenvalue weighted by molar-refractivity contribution is 7.85. The maximum atomic E-state index is 13.9. The number of halogens is 1. The van der Waals surface area contributed by atoms with Crippen molar-refractivity contribution in [1.82, 2.24) is 10.3 Å². The summed E-state index contributed by atoms with van der Waals surface area (Å²) in [5, 5.41) is 6.94. The summed E-state index contributed by atoms with van der Waals surface area (Å²) in [6.07, 6.45) is 2.03. The molecule has 2 aromatic heterocycles. The van der Waals surface area contributed by atoms with Crippen molar-refractivity contribution in [2.75, 3.05) is 17.6 Å². The van der Waals surface area contributed by atoms with Gasteiger partial charge >= 0.3 is 0 Å². The van der Waals surface area contributed by atoms with Gasteiger partial charge in [-0.2, -0.15) is 8.42 Å². The molecule has 4 aromatic carbocycles. The summed E-state index contributed by atoms with van der Waals surface area (Å²) >= 11 is 5.95. The van der Waals surface area contributed by atoms with E-state index < -0.39 is 27.7 Å². The predicted molar refractivity (Wildman–Crippen MR) is 187 cm³/mol. The largest absolute Gasteiger partial charge is 0.456 e. The topological polar surface area (TPSA) is 139 Å². The third-order valence-electron chi connectivity index (χ3n) is 7.85. The van der Waals surface area contributed by atoms with Gasteiger partial charge in [-0.25, -0.2) is 4.98 Å². The third-order valence-corrected chi connectivity index (χ3v) is 8.80. The summed E-state index contributed by atoms with van der Waals surface area (Å²) in [5.41, 5.74) is 6.06. The van der Waals surface area contributed by atoms with Crippen LogP contribution in [0, 0.1) is 0 Å². The molecular formula is C37H30ClN3O6S. The zero-order chi connectivity index (χ0) is 33.7. The molecular weight excluding hydrogens is 650 g/mol. The van der Waals surface area contributed by atoms with Crippen LogP contribution in [0.25, 0.3) is 33.4 Å². The molecule has 3 N–H and O–H groups in total. The molecule has 6 rings (SSSR count). The van der Waals surface area contributed by atoms with Gasteiger partial charge in [0.1, 0.15) is 16.5 Å². The number of nitrogens with one attached hydrogen (secondary N) is 2. The van der Waals surface area contributed by atoms with Gasteiger partial charge in [0.05, 0.1) is 11.7 Å². The molecule has 242 valence electrons. The number of amides is 2. The molecule has 0 aliphatic carbocycles. The van der Waals surface area contributed by atoms with Crippen molar-refractivity contribution in [1.29, 1.82) is 0 Å². The van der Waals surface area contributed by atoms with Crippen LogP contribution in [0.1, 0.15) is 27.4 Å². The van der Waals surface area contributed by atoms with E-state index in [-0.39, 0.29) is 12.5 Å². The van der Waals surface area contributed by atoms with E-state index in [2.05, 4.69) is 15.6 Å². The van der Waals surface area contributed by atoms with Crippen molar-refractivity contribution in [2.45, 2.75) is 12.3 Å². The van der Waals surface area contributed by atoms with Crippen LogP contribution in [0.5, 0.6) is 0 Å². The average molecular weight is 680 g/mol. The van der Waals surface area contributed by atoms with Gasteiger partial charge in [-0.1, -0.05) is 66.2 Å². The Morgan fingerprint density at radius 2 is 1.52 bits per heavy atom. The SMILES string of the molecule is O=C(NCCS(=O)(=O)O)c1ccc(CC(C(=O)Nc2ccc(-c3cc4ccccc4o3)cc2)c2ccc(-c3ccc(Cl)nc3)cc2)cc1. The second-order valence-corrected chi connectivity index (χ2v) is 13.2. The number of anilines is 1. The van der Waals surface area contributed by atoms with Gasteiger partial charge < -0.3 is 15.1 Å².